The summed E-state index contributed by atoms with van der Waals surface area (Å²) < 4.78 is 0. The molecule has 1 aromatic rings. The van der Waals surface area contributed by atoms with E-state index in [2.05, 4.69) is 20.9 Å². The van der Waals surface area contributed by atoms with E-state index in [4.69, 9.17) is 11.6 Å². The lowest BCUT2D eigenvalue weighted by atomic mass is 10.5. The molecule has 1 nitrogen and oxygen atoms in total. The molecule has 0 unspecified atom stereocenters. The van der Waals surface area contributed by atoms with Crippen LogP contribution in [0.2, 0.25) is 5.02 Å². The number of thioether (sulfide) groups is 1. The van der Waals surface area contributed by atoms with Gasteiger partial charge in [0.2, 0.25) is 0 Å². The number of rotatable bonds is 3. The Morgan fingerprint density at radius 2 is 2.45 bits per heavy atom. The van der Waals surface area contributed by atoms with Crippen molar-refractivity contribution in [2.75, 3.05) is 11.1 Å². The highest BCUT2D eigenvalue weighted by Crippen LogP contribution is 2.23. The van der Waals surface area contributed by atoms with Crippen LogP contribution >= 0.6 is 39.3 Å². The summed E-state index contributed by atoms with van der Waals surface area (Å²) >= 11 is 10.9. The first-order valence-electron chi connectivity index (χ1n) is 3.14. The maximum Gasteiger partial charge on any atom is 0.115 e. The Morgan fingerprint density at radius 1 is 1.64 bits per heavy atom. The predicted octanol–water partition coefficient (Wildman–Crippen LogP) is 3.22. The lowest BCUT2D eigenvalue weighted by Crippen LogP contribution is -1.83. The van der Waals surface area contributed by atoms with Gasteiger partial charge in [-0.05, 0) is 12.1 Å². The lowest BCUT2D eigenvalue weighted by Gasteiger charge is -1.98. The van der Waals surface area contributed by atoms with Crippen molar-refractivity contribution < 1.29 is 0 Å². The Balaban J connectivity index is 2.62. The Bertz CT molecular complexity index is 231. The van der Waals surface area contributed by atoms with Gasteiger partial charge in [-0.1, -0.05) is 27.5 Å². The number of alkyl halides is 1. The number of hydrogen-bond donors (Lipinski definition) is 0. The number of pyridine rings is 1. The number of aromatic nitrogens is 1. The molecular formula is C7H7BrClNS. The molecule has 0 saturated heterocycles. The van der Waals surface area contributed by atoms with E-state index in [1.807, 2.05) is 12.1 Å². The largest absolute Gasteiger partial charge is 0.248 e. The maximum atomic E-state index is 5.86. The minimum absolute atomic E-state index is 0.735. The monoisotopic (exact) mass is 251 g/mol. The van der Waals surface area contributed by atoms with Crippen LogP contribution in [0, 0.1) is 0 Å². The van der Waals surface area contributed by atoms with Gasteiger partial charge in [0, 0.05) is 17.3 Å². The van der Waals surface area contributed by atoms with Crippen LogP contribution in [0.5, 0.6) is 0 Å². The van der Waals surface area contributed by atoms with Gasteiger partial charge in [-0.25, -0.2) is 4.98 Å². The van der Waals surface area contributed by atoms with Crippen LogP contribution in [-0.2, 0) is 0 Å². The minimum atomic E-state index is 0.735. The van der Waals surface area contributed by atoms with E-state index in [0.29, 0.717) is 0 Å². The van der Waals surface area contributed by atoms with Crippen molar-refractivity contribution in [3.05, 3.63) is 23.4 Å². The molecule has 0 amide bonds. The Kier molecular flexibility index (Phi) is 4.26. The third kappa shape index (κ3) is 3.01. The molecule has 60 valence electrons. The van der Waals surface area contributed by atoms with E-state index in [-0.39, 0.29) is 0 Å². The summed E-state index contributed by atoms with van der Waals surface area (Å²) in [5.74, 6) is 0.997. The zero-order chi connectivity index (χ0) is 8.10. The van der Waals surface area contributed by atoms with E-state index < -0.39 is 0 Å². The van der Waals surface area contributed by atoms with Gasteiger partial charge in [0.05, 0.1) is 5.02 Å². The van der Waals surface area contributed by atoms with E-state index in [9.17, 15) is 0 Å². The molecular weight excluding hydrogens is 246 g/mol. The van der Waals surface area contributed by atoms with Gasteiger partial charge >= 0.3 is 0 Å². The molecule has 0 aliphatic carbocycles. The van der Waals surface area contributed by atoms with Crippen molar-refractivity contribution >= 4 is 39.3 Å². The first-order valence-corrected chi connectivity index (χ1v) is 5.62. The molecule has 0 spiro atoms. The molecule has 0 bridgehead atoms. The zero-order valence-electron chi connectivity index (χ0n) is 5.76. The molecule has 0 N–H and O–H groups in total. The summed E-state index contributed by atoms with van der Waals surface area (Å²) in [6, 6.07) is 3.69. The van der Waals surface area contributed by atoms with Crippen molar-refractivity contribution in [1.82, 2.24) is 4.98 Å². The molecule has 11 heavy (non-hydrogen) atoms. The molecule has 0 aliphatic rings. The summed E-state index contributed by atoms with van der Waals surface area (Å²) in [7, 11) is 0. The van der Waals surface area contributed by atoms with E-state index >= 15 is 0 Å². The number of nitrogens with zero attached hydrogens (tertiary/aromatic N) is 1. The molecule has 4 heteroatoms. The number of halogens is 2. The van der Waals surface area contributed by atoms with Crippen LogP contribution in [-0.4, -0.2) is 16.1 Å². The van der Waals surface area contributed by atoms with Gasteiger partial charge in [-0.2, -0.15) is 0 Å². The van der Waals surface area contributed by atoms with Gasteiger partial charge in [-0.15, -0.1) is 11.8 Å². The van der Waals surface area contributed by atoms with Crippen LogP contribution in [0.15, 0.2) is 23.4 Å². The standard InChI is InChI=1S/C7H7BrClNS/c8-3-5-11-7-6(9)2-1-4-10-7/h1-2,4H,3,5H2. The van der Waals surface area contributed by atoms with Crippen LogP contribution in [0.3, 0.4) is 0 Å². The van der Waals surface area contributed by atoms with Gasteiger partial charge in [0.25, 0.3) is 0 Å². The predicted molar refractivity (Wildman–Crippen MR) is 53.8 cm³/mol. The summed E-state index contributed by atoms with van der Waals surface area (Å²) in [6.07, 6.45) is 1.75. The third-order valence-electron chi connectivity index (χ3n) is 1.04. The smallest absolute Gasteiger partial charge is 0.115 e. The van der Waals surface area contributed by atoms with Gasteiger partial charge in [0.1, 0.15) is 5.03 Å². The molecule has 0 fully saturated rings. The van der Waals surface area contributed by atoms with Gasteiger partial charge < -0.3 is 0 Å². The van der Waals surface area contributed by atoms with Gasteiger partial charge in [0.15, 0.2) is 0 Å². The second-order valence-electron chi connectivity index (χ2n) is 1.83. The Labute approximate surface area is 83.7 Å². The third-order valence-corrected chi connectivity index (χ3v) is 3.39. The zero-order valence-corrected chi connectivity index (χ0v) is 8.92. The molecule has 0 aliphatic heterocycles. The van der Waals surface area contributed by atoms with Crippen molar-refractivity contribution in [1.29, 1.82) is 0 Å². The quantitative estimate of drug-likeness (QED) is 0.605. The molecule has 0 saturated carbocycles. The van der Waals surface area contributed by atoms with Crippen LogP contribution in [0.4, 0.5) is 0 Å². The highest BCUT2D eigenvalue weighted by molar-refractivity contribution is 9.09. The van der Waals surface area contributed by atoms with Gasteiger partial charge in [-0.3, -0.25) is 0 Å². The van der Waals surface area contributed by atoms with Crippen LogP contribution < -0.4 is 0 Å². The summed E-state index contributed by atoms with van der Waals surface area (Å²) in [5, 5.41) is 2.61. The SMILES string of the molecule is Clc1cccnc1SCCBr. The van der Waals surface area contributed by atoms with Crippen LogP contribution in [0.25, 0.3) is 0 Å². The normalized spacial score (nSPS) is 10.0. The van der Waals surface area contributed by atoms with E-state index in [1.54, 1.807) is 18.0 Å². The topological polar surface area (TPSA) is 12.9 Å². The Morgan fingerprint density at radius 3 is 3.09 bits per heavy atom. The summed E-state index contributed by atoms with van der Waals surface area (Å²) in [5.41, 5.74) is 0. The molecule has 0 aromatic carbocycles. The van der Waals surface area contributed by atoms with Crippen LogP contribution in [0.1, 0.15) is 0 Å². The second kappa shape index (κ2) is 5.01. The fourth-order valence-corrected chi connectivity index (χ4v) is 2.00. The Hall–Kier alpha value is 0.270. The lowest BCUT2D eigenvalue weighted by molar-refractivity contribution is 1.13. The van der Waals surface area contributed by atoms with Crippen molar-refractivity contribution in [2.24, 2.45) is 0 Å². The molecule has 1 heterocycles. The first-order chi connectivity index (χ1) is 5.34. The fourth-order valence-electron chi connectivity index (χ4n) is 0.613. The first kappa shape index (κ1) is 9.36. The summed E-state index contributed by atoms with van der Waals surface area (Å²) in [6.45, 7) is 0. The molecule has 1 aromatic heterocycles. The van der Waals surface area contributed by atoms with E-state index in [1.165, 1.54) is 0 Å². The molecule has 0 atom stereocenters. The highest BCUT2D eigenvalue weighted by atomic mass is 79.9. The van der Waals surface area contributed by atoms with Crippen molar-refractivity contribution in [3.63, 3.8) is 0 Å². The van der Waals surface area contributed by atoms with E-state index in [0.717, 1.165) is 21.1 Å². The van der Waals surface area contributed by atoms with Crippen molar-refractivity contribution in [3.8, 4) is 0 Å². The average molecular weight is 253 g/mol. The number of hydrogen-bond acceptors (Lipinski definition) is 2. The summed E-state index contributed by atoms with van der Waals surface area (Å²) in [4.78, 5) is 4.13. The minimum Gasteiger partial charge on any atom is -0.248 e. The average Bonchev–Trinajstić information content (AvgIpc) is 2.03. The second-order valence-corrected chi connectivity index (χ2v) is 4.11. The molecule has 0 radical (unpaired) electrons. The maximum absolute atomic E-state index is 5.86. The molecule has 1 rings (SSSR count). The fraction of sp³-hybridized carbons (Fsp3) is 0.286. The van der Waals surface area contributed by atoms with Crippen molar-refractivity contribution in [2.45, 2.75) is 5.03 Å². The highest BCUT2D eigenvalue weighted by Gasteiger charge is 1.98.